The zero-order valence-corrected chi connectivity index (χ0v) is 13.0. The highest BCUT2D eigenvalue weighted by molar-refractivity contribution is 5.92. The first-order valence-electron chi connectivity index (χ1n) is 7.37. The fraction of sp³-hybridized carbons (Fsp3) is 0.118. The lowest BCUT2D eigenvalue weighted by Crippen LogP contribution is -2.33. The molecule has 3 aromatic heterocycles. The van der Waals surface area contributed by atoms with Crippen molar-refractivity contribution in [3.05, 3.63) is 71.4 Å². The molecule has 0 spiro atoms. The Morgan fingerprint density at radius 1 is 1.08 bits per heavy atom. The summed E-state index contributed by atoms with van der Waals surface area (Å²) in [7, 11) is 0. The van der Waals surface area contributed by atoms with Crippen LogP contribution in [0.1, 0.15) is 13.0 Å². The van der Waals surface area contributed by atoms with E-state index in [9.17, 15) is 9.59 Å². The SMILES string of the molecule is CC(C(=O)Nc1ccccn1)n1nc(-c2ccncc2)ccc1=O. The number of amides is 1. The van der Waals surface area contributed by atoms with Crippen molar-refractivity contribution in [3.8, 4) is 11.3 Å². The smallest absolute Gasteiger partial charge is 0.267 e. The van der Waals surface area contributed by atoms with Crippen LogP contribution in [-0.4, -0.2) is 25.7 Å². The van der Waals surface area contributed by atoms with Gasteiger partial charge in [-0.2, -0.15) is 5.10 Å². The molecule has 1 unspecified atom stereocenters. The molecule has 0 saturated carbocycles. The first-order chi connectivity index (χ1) is 11.6. The number of aromatic nitrogens is 4. The number of pyridine rings is 2. The molecular weight excluding hydrogens is 306 g/mol. The Kier molecular flexibility index (Phi) is 4.42. The molecule has 0 saturated heterocycles. The summed E-state index contributed by atoms with van der Waals surface area (Å²) >= 11 is 0. The highest BCUT2D eigenvalue weighted by atomic mass is 16.2. The van der Waals surface area contributed by atoms with Gasteiger partial charge < -0.3 is 5.32 Å². The number of hydrogen-bond acceptors (Lipinski definition) is 5. The molecule has 24 heavy (non-hydrogen) atoms. The summed E-state index contributed by atoms with van der Waals surface area (Å²) in [6, 6.07) is 11.0. The average Bonchev–Trinajstić information content (AvgIpc) is 2.63. The molecule has 1 N–H and O–H groups in total. The van der Waals surface area contributed by atoms with Crippen LogP contribution in [0.4, 0.5) is 5.82 Å². The fourth-order valence-electron chi connectivity index (χ4n) is 2.16. The molecule has 0 aliphatic rings. The monoisotopic (exact) mass is 321 g/mol. The second kappa shape index (κ2) is 6.82. The molecule has 7 heteroatoms. The van der Waals surface area contributed by atoms with Crippen molar-refractivity contribution < 1.29 is 4.79 Å². The third-order valence-electron chi connectivity index (χ3n) is 3.46. The van der Waals surface area contributed by atoms with Gasteiger partial charge in [0.2, 0.25) is 5.91 Å². The van der Waals surface area contributed by atoms with Crippen molar-refractivity contribution in [1.29, 1.82) is 0 Å². The highest BCUT2D eigenvalue weighted by Crippen LogP contribution is 2.15. The third kappa shape index (κ3) is 3.35. The van der Waals surface area contributed by atoms with Gasteiger partial charge in [-0.15, -0.1) is 0 Å². The average molecular weight is 321 g/mol. The van der Waals surface area contributed by atoms with Crippen LogP contribution in [0, 0.1) is 0 Å². The normalized spacial score (nSPS) is 11.7. The van der Waals surface area contributed by atoms with Gasteiger partial charge in [-0.3, -0.25) is 14.6 Å². The van der Waals surface area contributed by atoms with Gasteiger partial charge >= 0.3 is 0 Å². The van der Waals surface area contributed by atoms with Gasteiger partial charge in [-0.1, -0.05) is 6.07 Å². The van der Waals surface area contributed by atoms with Gasteiger partial charge in [0.05, 0.1) is 5.69 Å². The number of rotatable bonds is 4. The predicted octanol–water partition coefficient (Wildman–Crippen LogP) is 1.90. The molecule has 0 radical (unpaired) electrons. The summed E-state index contributed by atoms with van der Waals surface area (Å²) in [5.74, 6) is 0.0582. The van der Waals surface area contributed by atoms with Crippen LogP contribution >= 0.6 is 0 Å². The summed E-state index contributed by atoms with van der Waals surface area (Å²) in [5.41, 5.74) is 1.06. The van der Waals surface area contributed by atoms with Crippen molar-refractivity contribution >= 4 is 11.7 Å². The second-order valence-corrected chi connectivity index (χ2v) is 5.12. The van der Waals surface area contributed by atoms with E-state index < -0.39 is 6.04 Å². The lowest BCUT2D eigenvalue weighted by molar-refractivity contribution is -0.119. The van der Waals surface area contributed by atoms with Crippen molar-refractivity contribution in [1.82, 2.24) is 19.7 Å². The minimum absolute atomic E-state index is 0.350. The molecule has 0 aromatic carbocycles. The molecule has 7 nitrogen and oxygen atoms in total. The van der Waals surface area contributed by atoms with E-state index in [4.69, 9.17) is 0 Å². The van der Waals surface area contributed by atoms with E-state index in [1.807, 2.05) is 0 Å². The molecule has 1 amide bonds. The van der Waals surface area contributed by atoms with E-state index in [2.05, 4.69) is 20.4 Å². The Bertz CT molecular complexity index is 894. The molecule has 1 atom stereocenters. The summed E-state index contributed by atoms with van der Waals surface area (Å²) < 4.78 is 1.16. The quantitative estimate of drug-likeness (QED) is 0.792. The topological polar surface area (TPSA) is 89.8 Å². The Morgan fingerprint density at radius 3 is 2.58 bits per heavy atom. The van der Waals surface area contributed by atoms with Gasteiger partial charge in [0.25, 0.3) is 5.56 Å². The van der Waals surface area contributed by atoms with E-state index in [0.29, 0.717) is 11.5 Å². The van der Waals surface area contributed by atoms with Crippen LogP contribution in [0.15, 0.2) is 65.8 Å². The summed E-state index contributed by atoms with van der Waals surface area (Å²) in [4.78, 5) is 32.4. The largest absolute Gasteiger partial charge is 0.309 e. The number of carbonyl (C=O) groups excluding carboxylic acids is 1. The third-order valence-corrected chi connectivity index (χ3v) is 3.46. The molecule has 3 rings (SSSR count). The van der Waals surface area contributed by atoms with Crippen LogP contribution in [0.3, 0.4) is 0 Å². The number of nitrogens with one attached hydrogen (secondary N) is 1. The van der Waals surface area contributed by atoms with E-state index in [-0.39, 0.29) is 11.5 Å². The molecule has 0 fully saturated rings. The van der Waals surface area contributed by atoms with Crippen molar-refractivity contribution in [2.45, 2.75) is 13.0 Å². The van der Waals surface area contributed by atoms with Gasteiger partial charge in [0.15, 0.2) is 0 Å². The first-order valence-corrected chi connectivity index (χ1v) is 7.37. The summed E-state index contributed by atoms with van der Waals surface area (Å²) in [6.07, 6.45) is 4.86. The molecule has 3 aromatic rings. The second-order valence-electron chi connectivity index (χ2n) is 5.12. The minimum atomic E-state index is -0.777. The predicted molar refractivity (Wildman–Crippen MR) is 89.3 cm³/mol. The van der Waals surface area contributed by atoms with Crippen LogP contribution in [0.2, 0.25) is 0 Å². The molecule has 0 aliphatic heterocycles. The van der Waals surface area contributed by atoms with Crippen LogP contribution in [-0.2, 0) is 4.79 Å². The van der Waals surface area contributed by atoms with Crippen molar-refractivity contribution in [3.63, 3.8) is 0 Å². The molecule has 0 bridgehead atoms. The van der Waals surface area contributed by atoms with Crippen LogP contribution in [0.5, 0.6) is 0 Å². The number of nitrogens with zero attached hydrogens (tertiary/aromatic N) is 4. The Labute approximate surface area is 138 Å². The van der Waals surface area contributed by atoms with E-state index in [0.717, 1.165) is 10.2 Å². The Morgan fingerprint density at radius 2 is 1.88 bits per heavy atom. The zero-order valence-electron chi connectivity index (χ0n) is 13.0. The van der Waals surface area contributed by atoms with E-state index in [1.165, 1.54) is 6.07 Å². The maximum atomic E-state index is 12.4. The number of carbonyl (C=O) groups is 1. The van der Waals surface area contributed by atoms with E-state index in [1.54, 1.807) is 61.9 Å². The number of anilines is 1. The van der Waals surface area contributed by atoms with Crippen molar-refractivity contribution in [2.24, 2.45) is 0 Å². The van der Waals surface area contributed by atoms with E-state index >= 15 is 0 Å². The van der Waals surface area contributed by atoms with Gasteiger partial charge in [0, 0.05) is 30.2 Å². The lowest BCUT2D eigenvalue weighted by Gasteiger charge is -2.14. The fourth-order valence-corrected chi connectivity index (χ4v) is 2.16. The van der Waals surface area contributed by atoms with Gasteiger partial charge in [-0.05, 0) is 37.3 Å². The highest BCUT2D eigenvalue weighted by Gasteiger charge is 2.18. The standard InChI is InChI=1S/C17H15N5O2/c1-12(17(24)20-15-4-2-3-9-19-15)22-16(23)6-5-14(21-22)13-7-10-18-11-8-13/h2-12H,1H3,(H,19,20,24). The zero-order chi connectivity index (χ0) is 16.9. The van der Waals surface area contributed by atoms with Crippen LogP contribution < -0.4 is 10.9 Å². The maximum Gasteiger partial charge on any atom is 0.267 e. The number of hydrogen-bond donors (Lipinski definition) is 1. The Balaban J connectivity index is 1.88. The Hall–Kier alpha value is -3.35. The first kappa shape index (κ1) is 15.5. The van der Waals surface area contributed by atoms with Gasteiger partial charge in [0.1, 0.15) is 11.9 Å². The lowest BCUT2D eigenvalue weighted by atomic mass is 10.2. The maximum absolute atomic E-state index is 12.4. The minimum Gasteiger partial charge on any atom is -0.309 e. The van der Waals surface area contributed by atoms with Crippen molar-refractivity contribution in [2.75, 3.05) is 5.32 Å². The molecule has 0 aliphatic carbocycles. The van der Waals surface area contributed by atoms with Gasteiger partial charge in [-0.25, -0.2) is 9.67 Å². The summed E-state index contributed by atoms with van der Waals surface area (Å²) in [6.45, 7) is 1.61. The molecule has 3 heterocycles. The van der Waals surface area contributed by atoms with Crippen LogP contribution in [0.25, 0.3) is 11.3 Å². The summed E-state index contributed by atoms with van der Waals surface area (Å²) in [5, 5.41) is 6.97. The molecular formula is C17H15N5O2. The molecule has 120 valence electrons.